The molecule has 2 saturated heterocycles. The van der Waals surface area contributed by atoms with E-state index in [1.165, 1.54) is 18.4 Å². The van der Waals surface area contributed by atoms with Gasteiger partial charge in [-0.05, 0) is 38.5 Å². The zero-order valence-electron chi connectivity index (χ0n) is 19.1. The summed E-state index contributed by atoms with van der Waals surface area (Å²) in [4.78, 5) is 74.2. The van der Waals surface area contributed by atoms with Crippen molar-refractivity contribution in [3.05, 3.63) is 0 Å². The lowest BCUT2D eigenvalue weighted by Gasteiger charge is -2.43. The highest BCUT2D eigenvalue weighted by Crippen LogP contribution is 2.27. The van der Waals surface area contributed by atoms with Crippen LogP contribution < -0.4 is 10.7 Å². The zero-order valence-corrected chi connectivity index (χ0v) is 19.1. The van der Waals surface area contributed by atoms with E-state index < -0.39 is 24.0 Å². The van der Waals surface area contributed by atoms with Crippen LogP contribution >= 0.6 is 0 Å². The third kappa shape index (κ3) is 6.29. The highest BCUT2D eigenvalue weighted by atomic mass is 16.2. The Morgan fingerprint density at radius 3 is 2.45 bits per heavy atom. The molecule has 2 heterocycles. The van der Waals surface area contributed by atoms with Gasteiger partial charge in [0.2, 0.25) is 17.7 Å². The van der Waals surface area contributed by atoms with E-state index in [1.807, 2.05) is 0 Å². The predicted octanol–water partition coefficient (Wildman–Crippen LogP) is 0.685. The van der Waals surface area contributed by atoms with Crippen LogP contribution in [-0.2, 0) is 24.0 Å². The smallest absolute Gasteiger partial charge is 0.344 e. The van der Waals surface area contributed by atoms with Gasteiger partial charge in [0.25, 0.3) is 0 Å². The van der Waals surface area contributed by atoms with Crippen LogP contribution in [0.3, 0.4) is 0 Å². The number of ketones is 1. The van der Waals surface area contributed by atoms with Crippen LogP contribution in [-0.4, -0.2) is 76.0 Å². The molecule has 11 heteroatoms. The first kappa shape index (κ1) is 24.7. The monoisotopic (exact) mass is 463 g/mol. The third-order valence-corrected chi connectivity index (χ3v) is 6.43. The minimum Gasteiger partial charge on any atom is -0.344 e. The first-order valence-corrected chi connectivity index (χ1v) is 11.8. The molecule has 0 aromatic heterocycles. The molecule has 3 aliphatic rings. The maximum Gasteiger partial charge on any atom is 0.358 e. The number of nitrogens with zero attached hydrogens (tertiary/aromatic N) is 3. The molecule has 0 spiro atoms. The van der Waals surface area contributed by atoms with Crippen molar-refractivity contribution in [1.29, 1.82) is 0 Å². The number of carbonyl (C=O) groups excluding carboxylic acids is 6. The van der Waals surface area contributed by atoms with E-state index in [-0.39, 0.29) is 55.9 Å². The molecule has 0 bridgehead atoms. The van der Waals surface area contributed by atoms with E-state index in [0.29, 0.717) is 19.1 Å². The molecule has 11 nitrogen and oxygen atoms in total. The Labute approximate surface area is 193 Å². The number of hydrogen-bond acceptors (Lipinski definition) is 6. The fourth-order valence-corrected chi connectivity index (χ4v) is 4.79. The molecular formula is C22H33N5O6. The number of hydrazine groups is 2. The number of fused-ring (bicyclic) bond motifs is 1. The van der Waals surface area contributed by atoms with Gasteiger partial charge in [0.15, 0.2) is 0 Å². The van der Waals surface area contributed by atoms with Crippen molar-refractivity contribution in [3.63, 3.8) is 0 Å². The van der Waals surface area contributed by atoms with Gasteiger partial charge in [0.05, 0.1) is 12.6 Å². The van der Waals surface area contributed by atoms with Crippen molar-refractivity contribution >= 4 is 35.8 Å². The predicted molar refractivity (Wildman–Crippen MR) is 116 cm³/mol. The van der Waals surface area contributed by atoms with Crippen LogP contribution in [0.1, 0.15) is 71.1 Å². The molecule has 3 fully saturated rings. The van der Waals surface area contributed by atoms with Gasteiger partial charge in [-0.1, -0.05) is 19.3 Å². The molecule has 1 saturated carbocycles. The van der Waals surface area contributed by atoms with E-state index in [2.05, 4.69) is 10.7 Å². The van der Waals surface area contributed by atoms with E-state index in [4.69, 9.17) is 0 Å². The maximum atomic E-state index is 13.3. The number of aldehydes is 1. The summed E-state index contributed by atoms with van der Waals surface area (Å²) in [6.45, 7) is 1.61. The summed E-state index contributed by atoms with van der Waals surface area (Å²) in [5.41, 5.74) is 2.64. The second-order valence-corrected chi connectivity index (χ2v) is 9.10. The summed E-state index contributed by atoms with van der Waals surface area (Å²) >= 11 is 0. The quantitative estimate of drug-likeness (QED) is 0.508. The molecule has 2 N–H and O–H groups in total. The van der Waals surface area contributed by atoms with Crippen LogP contribution in [0, 0.1) is 5.92 Å². The minimum absolute atomic E-state index is 0.0106. The Balaban J connectivity index is 1.71. The molecular weight excluding hydrogens is 430 g/mol. The first-order chi connectivity index (χ1) is 15.8. The van der Waals surface area contributed by atoms with E-state index in [9.17, 15) is 28.8 Å². The van der Waals surface area contributed by atoms with Crippen molar-refractivity contribution in [3.8, 4) is 0 Å². The molecule has 33 heavy (non-hydrogen) atoms. The summed E-state index contributed by atoms with van der Waals surface area (Å²) in [6.07, 6.45) is 6.79. The number of rotatable bonds is 8. The molecule has 0 aromatic rings. The molecule has 2 atom stereocenters. The molecule has 0 aromatic carbocycles. The highest BCUT2D eigenvalue weighted by molar-refractivity contribution is 5.93. The van der Waals surface area contributed by atoms with E-state index >= 15 is 0 Å². The van der Waals surface area contributed by atoms with Gasteiger partial charge in [-0.15, -0.1) is 0 Å². The average Bonchev–Trinajstić information content (AvgIpc) is 2.91. The molecule has 1 aliphatic carbocycles. The number of amides is 5. The normalized spacial score (nSPS) is 22.8. The average molecular weight is 464 g/mol. The SMILES string of the molecule is CC(=O)CC(C=O)NC(=O)C1CCCN2C(=O)CCN(NC(=O)CC3CCCCC3)C(=O)N12. The van der Waals surface area contributed by atoms with Crippen molar-refractivity contribution in [2.24, 2.45) is 5.92 Å². The number of carbonyl (C=O) groups is 6. The Morgan fingerprint density at radius 1 is 1.06 bits per heavy atom. The Bertz CT molecular complexity index is 796. The number of hydrogen-bond donors (Lipinski definition) is 2. The van der Waals surface area contributed by atoms with E-state index in [0.717, 1.165) is 35.7 Å². The largest absolute Gasteiger partial charge is 0.358 e. The lowest BCUT2D eigenvalue weighted by atomic mass is 9.87. The van der Waals surface area contributed by atoms with Gasteiger partial charge in [-0.3, -0.25) is 24.6 Å². The second-order valence-electron chi connectivity index (χ2n) is 9.10. The summed E-state index contributed by atoms with van der Waals surface area (Å²) < 4.78 is 0. The number of Topliss-reactive ketones (excluding diaryl/α,β-unsaturated/α-hetero) is 1. The fourth-order valence-electron chi connectivity index (χ4n) is 4.79. The summed E-state index contributed by atoms with van der Waals surface area (Å²) in [6, 6.07) is -2.69. The van der Waals surface area contributed by atoms with Gasteiger partial charge >= 0.3 is 6.03 Å². The Kier molecular flexibility index (Phi) is 8.40. The molecule has 2 unspecified atom stereocenters. The summed E-state index contributed by atoms with van der Waals surface area (Å²) in [5, 5.41) is 5.96. The summed E-state index contributed by atoms with van der Waals surface area (Å²) in [5.74, 6) is -1.19. The Hall–Kier alpha value is -2.98. The lowest BCUT2D eigenvalue weighted by Crippen LogP contribution is -2.64. The fraction of sp³-hybridized carbons (Fsp3) is 0.727. The van der Waals surface area contributed by atoms with Gasteiger partial charge in [0, 0.05) is 25.8 Å². The van der Waals surface area contributed by atoms with E-state index in [1.54, 1.807) is 0 Å². The van der Waals surface area contributed by atoms with Crippen LogP contribution in [0.15, 0.2) is 0 Å². The third-order valence-electron chi connectivity index (χ3n) is 6.43. The van der Waals surface area contributed by atoms with Crippen LogP contribution in [0.5, 0.6) is 0 Å². The first-order valence-electron chi connectivity index (χ1n) is 11.8. The standard InChI is InChI=1S/C22H33N5O6/c1-15(29)12-17(14-28)23-21(32)18-8-5-10-26-20(31)9-11-25(22(33)27(18)26)24-19(30)13-16-6-3-2-4-7-16/h14,16-18H,2-13H2,1H3,(H,23,32)(H,24,30). The highest BCUT2D eigenvalue weighted by Gasteiger charge is 2.44. The van der Waals surface area contributed by atoms with Crippen molar-refractivity contribution < 1.29 is 28.8 Å². The van der Waals surface area contributed by atoms with Crippen molar-refractivity contribution in [1.82, 2.24) is 25.8 Å². The molecule has 3 rings (SSSR count). The maximum absolute atomic E-state index is 13.3. The Morgan fingerprint density at radius 2 is 1.79 bits per heavy atom. The molecule has 0 radical (unpaired) electrons. The summed E-state index contributed by atoms with van der Waals surface area (Å²) in [7, 11) is 0. The lowest BCUT2D eigenvalue weighted by molar-refractivity contribution is -0.155. The van der Waals surface area contributed by atoms with Crippen LogP contribution in [0.4, 0.5) is 4.79 Å². The van der Waals surface area contributed by atoms with Gasteiger partial charge in [0.1, 0.15) is 18.1 Å². The van der Waals surface area contributed by atoms with Crippen LogP contribution in [0.25, 0.3) is 0 Å². The van der Waals surface area contributed by atoms with Gasteiger partial charge < -0.3 is 10.1 Å². The second kappa shape index (κ2) is 11.2. The minimum atomic E-state index is -1.03. The number of nitrogens with one attached hydrogen (secondary N) is 2. The van der Waals surface area contributed by atoms with Crippen molar-refractivity contribution in [2.75, 3.05) is 13.1 Å². The molecule has 182 valence electrons. The van der Waals surface area contributed by atoms with Crippen molar-refractivity contribution in [2.45, 2.75) is 83.2 Å². The van der Waals surface area contributed by atoms with Gasteiger partial charge in [-0.25, -0.2) is 19.8 Å². The van der Waals surface area contributed by atoms with Crippen LogP contribution in [0.2, 0.25) is 0 Å². The zero-order chi connectivity index (χ0) is 24.0. The molecule has 5 amide bonds. The topological polar surface area (TPSA) is 136 Å². The van der Waals surface area contributed by atoms with Gasteiger partial charge in [-0.2, -0.15) is 0 Å². The number of urea groups is 1. The molecule has 2 aliphatic heterocycles.